The van der Waals surface area contributed by atoms with E-state index in [2.05, 4.69) is 15.5 Å². The number of carbonyl (C=O) groups is 1. The van der Waals surface area contributed by atoms with Crippen molar-refractivity contribution in [2.75, 3.05) is 20.3 Å². The molecule has 1 atom stereocenters. The van der Waals surface area contributed by atoms with Gasteiger partial charge in [-0.15, -0.1) is 0 Å². The van der Waals surface area contributed by atoms with E-state index in [0.29, 0.717) is 19.6 Å². The Morgan fingerprint density at radius 3 is 2.93 bits per heavy atom. The lowest BCUT2D eigenvalue weighted by atomic mass is 10.2. The molecule has 0 unspecified atom stereocenters. The molecule has 1 saturated heterocycles. The molecule has 2 heterocycles. The van der Waals surface area contributed by atoms with Crippen molar-refractivity contribution >= 4 is 6.03 Å². The number of nitrogens with one attached hydrogen (secondary N) is 2. The summed E-state index contributed by atoms with van der Waals surface area (Å²) < 4.78 is 11.0. The van der Waals surface area contributed by atoms with Crippen molar-refractivity contribution in [3.8, 4) is 5.75 Å². The Labute approximate surface area is 165 Å². The van der Waals surface area contributed by atoms with Crippen LogP contribution in [0.25, 0.3) is 0 Å². The van der Waals surface area contributed by atoms with Crippen LogP contribution < -0.4 is 10.1 Å². The highest BCUT2D eigenvalue weighted by atomic mass is 16.5. The van der Waals surface area contributed by atoms with Gasteiger partial charge in [0.25, 0.3) is 0 Å². The van der Waals surface area contributed by atoms with Gasteiger partial charge in [0.1, 0.15) is 5.75 Å². The predicted octanol–water partition coefficient (Wildman–Crippen LogP) is 2.80. The Morgan fingerprint density at radius 1 is 1.32 bits per heavy atom. The summed E-state index contributed by atoms with van der Waals surface area (Å²) in [5.74, 6) is 0.811. The van der Waals surface area contributed by atoms with Crippen molar-refractivity contribution in [3.63, 3.8) is 0 Å². The molecule has 2 N–H and O–H groups in total. The molecule has 2 aromatic rings. The quantitative estimate of drug-likeness (QED) is 0.769. The number of aromatic amines is 1. The summed E-state index contributed by atoms with van der Waals surface area (Å²) >= 11 is 0. The minimum Gasteiger partial charge on any atom is -0.497 e. The number of rotatable bonds is 7. The third-order valence-corrected chi connectivity index (χ3v) is 5.57. The number of methoxy groups -OCH3 is 1. The molecular weight excluding hydrogens is 356 g/mol. The van der Waals surface area contributed by atoms with Crippen LogP contribution >= 0.6 is 0 Å². The molecule has 1 aromatic carbocycles. The largest absolute Gasteiger partial charge is 0.497 e. The summed E-state index contributed by atoms with van der Waals surface area (Å²) in [7, 11) is 1.65. The number of benzene rings is 1. The van der Waals surface area contributed by atoms with Crippen LogP contribution in [0.5, 0.6) is 5.75 Å². The van der Waals surface area contributed by atoms with Gasteiger partial charge >= 0.3 is 6.03 Å². The van der Waals surface area contributed by atoms with Crippen molar-refractivity contribution in [2.45, 2.75) is 51.3 Å². The Kier molecular flexibility index (Phi) is 5.81. The van der Waals surface area contributed by atoms with Gasteiger partial charge < -0.3 is 19.7 Å². The first kappa shape index (κ1) is 18.8. The van der Waals surface area contributed by atoms with Crippen LogP contribution in [-0.2, 0) is 30.7 Å². The van der Waals surface area contributed by atoms with Gasteiger partial charge in [0.15, 0.2) is 0 Å². The van der Waals surface area contributed by atoms with Gasteiger partial charge in [-0.25, -0.2) is 4.79 Å². The van der Waals surface area contributed by atoms with Gasteiger partial charge in [-0.1, -0.05) is 12.1 Å². The zero-order valence-corrected chi connectivity index (χ0v) is 16.4. The second-order valence-corrected chi connectivity index (χ2v) is 7.50. The van der Waals surface area contributed by atoms with Crippen LogP contribution in [0.1, 0.15) is 41.8 Å². The van der Waals surface area contributed by atoms with E-state index in [0.717, 1.165) is 55.7 Å². The third-order valence-electron chi connectivity index (χ3n) is 5.57. The molecule has 0 saturated carbocycles. The summed E-state index contributed by atoms with van der Waals surface area (Å²) in [5, 5.41) is 10.5. The minimum absolute atomic E-state index is 0.0823. The molecule has 28 heavy (non-hydrogen) atoms. The molecule has 1 aliphatic heterocycles. The highest BCUT2D eigenvalue weighted by Crippen LogP contribution is 2.23. The monoisotopic (exact) mass is 384 g/mol. The van der Waals surface area contributed by atoms with E-state index < -0.39 is 0 Å². The number of carbonyl (C=O) groups excluding carboxylic acids is 1. The topological polar surface area (TPSA) is 79.5 Å². The Hall–Kier alpha value is -2.54. The molecule has 4 rings (SSSR count). The summed E-state index contributed by atoms with van der Waals surface area (Å²) in [4.78, 5) is 14.8. The standard InChI is InChI=1S/C21H28N4O3/c1-27-16-9-7-15(8-10-16)13-25(14-17-4-3-11-28-17)21(26)22-12-20-18-5-2-6-19(18)23-24-20/h7-10,17H,2-6,11-14H2,1H3,(H,22,26)(H,23,24)/t17-/m0/s1. The number of hydrogen-bond donors (Lipinski definition) is 2. The smallest absolute Gasteiger partial charge is 0.318 e. The third kappa shape index (κ3) is 4.30. The lowest BCUT2D eigenvalue weighted by molar-refractivity contribution is 0.0794. The first-order chi connectivity index (χ1) is 13.7. The van der Waals surface area contributed by atoms with Crippen LogP contribution in [0.15, 0.2) is 24.3 Å². The van der Waals surface area contributed by atoms with E-state index in [1.165, 1.54) is 11.3 Å². The molecular formula is C21H28N4O3. The van der Waals surface area contributed by atoms with Crippen molar-refractivity contribution < 1.29 is 14.3 Å². The molecule has 0 spiro atoms. The number of fused-ring (bicyclic) bond motifs is 1. The summed E-state index contributed by atoms with van der Waals surface area (Å²) in [6.07, 6.45) is 5.43. The van der Waals surface area contributed by atoms with Crippen LogP contribution in [0.3, 0.4) is 0 Å². The van der Waals surface area contributed by atoms with Gasteiger partial charge in [-0.3, -0.25) is 5.10 Å². The molecule has 7 heteroatoms. The summed E-state index contributed by atoms with van der Waals surface area (Å²) in [6.45, 7) is 2.36. The average molecular weight is 384 g/mol. The summed E-state index contributed by atoms with van der Waals surface area (Å²) in [6, 6.07) is 7.75. The predicted molar refractivity (Wildman–Crippen MR) is 105 cm³/mol. The maximum Gasteiger partial charge on any atom is 0.318 e. The normalized spacial score (nSPS) is 18.1. The lowest BCUT2D eigenvalue weighted by Crippen LogP contribution is -2.43. The lowest BCUT2D eigenvalue weighted by Gasteiger charge is -2.26. The Bertz CT molecular complexity index is 796. The Balaban J connectivity index is 1.41. The van der Waals surface area contributed by atoms with E-state index in [1.807, 2.05) is 29.2 Å². The molecule has 1 aromatic heterocycles. The maximum atomic E-state index is 13.0. The van der Waals surface area contributed by atoms with Crippen molar-refractivity contribution in [2.24, 2.45) is 0 Å². The van der Waals surface area contributed by atoms with Crippen LogP contribution in [0.4, 0.5) is 4.79 Å². The zero-order chi connectivity index (χ0) is 19.3. The van der Waals surface area contributed by atoms with E-state index in [4.69, 9.17) is 9.47 Å². The number of nitrogens with zero attached hydrogens (tertiary/aromatic N) is 2. The molecule has 7 nitrogen and oxygen atoms in total. The van der Waals surface area contributed by atoms with Gasteiger partial charge in [0, 0.05) is 25.4 Å². The molecule has 1 aliphatic carbocycles. The number of ether oxygens (including phenoxy) is 2. The fraction of sp³-hybridized carbons (Fsp3) is 0.524. The fourth-order valence-electron chi connectivity index (χ4n) is 4.01. The van der Waals surface area contributed by atoms with Gasteiger partial charge in [0.05, 0.1) is 25.5 Å². The van der Waals surface area contributed by atoms with Crippen LogP contribution in [0, 0.1) is 0 Å². The van der Waals surface area contributed by atoms with Crippen molar-refractivity contribution in [3.05, 3.63) is 46.8 Å². The number of aromatic nitrogens is 2. The fourth-order valence-corrected chi connectivity index (χ4v) is 4.01. The van der Waals surface area contributed by atoms with E-state index in [1.54, 1.807) is 7.11 Å². The van der Waals surface area contributed by atoms with Gasteiger partial charge in [0.2, 0.25) is 0 Å². The molecule has 0 radical (unpaired) electrons. The zero-order valence-electron chi connectivity index (χ0n) is 16.4. The van der Waals surface area contributed by atoms with Crippen molar-refractivity contribution in [1.82, 2.24) is 20.4 Å². The maximum absolute atomic E-state index is 13.0. The number of amides is 2. The second kappa shape index (κ2) is 8.65. The molecule has 150 valence electrons. The number of urea groups is 1. The molecule has 1 fully saturated rings. The highest BCUT2D eigenvalue weighted by molar-refractivity contribution is 5.74. The second-order valence-electron chi connectivity index (χ2n) is 7.50. The van der Waals surface area contributed by atoms with Crippen molar-refractivity contribution in [1.29, 1.82) is 0 Å². The minimum atomic E-state index is -0.0823. The first-order valence-corrected chi connectivity index (χ1v) is 10.0. The molecule has 2 aliphatic rings. The van der Waals surface area contributed by atoms with Gasteiger partial charge in [-0.05, 0) is 55.4 Å². The SMILES string of the molecule is COc1ccc(CN(C[C@@H]2CCCO2)C(=O)NCc2n[nH]c3c2CCC3)cc1. The summed E-state index contributed by atoms with van der Waals surface area (Å²) in [5.41, 5.74) is 4.52. The van der Waals surface area contributed by atoms with Crippen LogP contribution in [0.2, 0.25) is 0 Å². The Morgan fingerprint density at radius 2 is 2.18 bits per heavy atom. The molecule has 0 bridgehead atoms. The van der Waals surface area contributed by atoms with Gasteiger partial charge in [-0.2, -0.15) is 5.10 Å². The first-order valence-electron chi connectivity index (χ1n) is 10.0. The van der Waals surface area contributed by atoms with E-state index in [9.17, 15) is 4.79 Å². The number of hydrogen-bond acceptors (Lipinski definition) is 4. The number of aryl methyl sites for hydroxylation is 1. The number of H-pyrrole nitrogens is 1. The van der Waals surface area contributed by atoms with E-state index in [-0.39, 0.29) is 12.1 Å². The molecule has 2 amide bonds. The van der Waals surface area contributed by atoms with Crippen LogP contribution in [-0.4, -0.2) is 47.5 Å². The highest BCUT2D eigenvalue weighted by Gasteiger charge is 2.24. The van der Waals surface area contributed by atoms with E-state index >= 15 is 0 Å². The average Bonchev–Trinajstić information content (AvgIpc) is 3.45.